The summed E-state index contributed by atoms with van der Waals surface area (Å²) in [5.41, 5.74) is 3.97. The van der Waals surface area contributed by atoms with E-state index >= 15 is 0 Å². The molecule has 140 valence electrons. The Bertz CT molecular complexity index is 1130. The molecular weight excluding hydrogens is 374 g/mol. The molecule has 0 radical (unpaired) electrons. The van der Waals surface area contributed by atoms with Crippen LogP contribution in [0.5, 0.6) is 5.75 Å². The summed E-state index contributed by atoms with van der Waals surface area (Å²) in [5, 5.41) is 11.7. The van der Waals surface area contributed by atoms with Gasteiger partial charge in [-0.05, 0) is 29.8 Å². The van der Waals surface area contributed by atoms with Crippen LogP contribution in [0.25, 0.3) is 16.7 Å². The van der Waals surface area contributed by atoms with Gasteiger partial charge in [-0.3, -0.25) is 14.7 Å². The zero-order chi connectivity index (χ0) is 19.5. The van der Waals surface area contributed by atoms with Crippen LogP contribution in [0, 0.1) is 10.1 Å². The number of benzene rings is 3. The predicted octanol–water partition coefficient (Wildman–Crippen LogP) is 5.23. The molecule has 0 aliphatic heterocycles. The summed E-state index contributed by atoms with van der Waals surface area (Å²) in [7, 11) is 1.65. The monoisotopic (exact) mass is 391 g/mol. The second-order valence-electron chi connectivity index (χ2n) is 6.13. The number of nitro groups is 1. The van der Waals surface area contributed by atoms with Gasteiger partial charge < -0.3 is 4.74 Å². The third kappa shape index (κ3) is 3.57. The fraction of sp³-hybridized carbons (Fsp3) is 0.0952. The van der Waals surface area contributed by atoms with Gasteiger partial charge >= 0.3 is 0 Å². The first-order chi connectivity index (χ1) is 13.7. The van der Waals surface area contributed by atoms with Gasteiger partial charge in [0.25, 0.3) is 5.69 Å². The van der Waals surface area contributed by atoms with Crippen molar-refractivity contribution in [1.82, 2.24) is 9.55 Å². The van der Waals surface area contributed by atoms with E-state index in [2.05, 4.69) is 4.57 Å². The third-order valence-corrected chi connectivity index (χ3v) is 5.37. The molecule has 0 bridgehead atoms. The standard InChI is InChI=1S/C21H17N3O3S/c1-27-18-11-12-19-20(13-18)23(16-5-3-2-4-6-16)21(22-19)28-14-15-7-9-17(10-8-15)24(25)26/h2-13H,14H2,1H3. The van der Waals surface area contributed by atoms with Crippen LogP contribution < -0.4 is 4.74 Å². The summed E-state index contributed by atoms with van der Waals surface area (Å²) in [6.07, 6.45) is 0. The second-order valence-corrected chi connectivity index (χ2v) is 7.07. The van der Waals surface area contributed by atoms with E-state index in [0.29, 0.717) is 5.75 Å². The van der Waals surface area contributed by atoms with Crippen molar-refractivity contribution in [3.63, 3.8) is 0 Å². The number of ether oxygens (including phenoxy) is 1. The summed E-state index contributed by atoms with van der Waals surface area (Å²) in [5.74, 6) is 1.43. The van der Waals surface area contributed by atoms with Crippen molar-refractivity contribution in [3.8, 4) is 11.4 Å². The maximum atomic E-state index is 10.8. The van der Waals surface area contributed by atoms with Crippen LogP contribution in [0.1, 0.15) is 5.56 Å². The minimum atomic E-state index is -0.390. The largest absolute Gasteiger partial charge is 0.497 e. The summed E-state index contributed by atoms with van der Waals surface area (Å²) < 4.78 is 7.48. The Morgan fingerprint density at radius 3 is 2.50 bits per heavy atom. The Kier molecular flexibility index (Phi) is 4.99. The van der Waals surface area contributed by atoms with Crippen LogP contribution in [0.15, 0.2) is 78.0 Å². The van der Waals surface area contributed by atoms with Gasteiger partial charge in [0, 0.05) is 29.6 Å². The molecule has 4 aromatic rings. The Morgan fingerprint density at radius 1 is 1.07 bits per heavy atom. The molecule has 0 saturated carbocycles. The molecule has 0 aliphatic rings. The molecule has 28 heavy (non-hydrogen) atoms. The number of nitrogens with zero attached hydrogens (tertiary/aromatic N) is 3. The second kappa shape index (κ2) is 7.74. The van der Waals surface area contributed by atoms with Gasteiger partial charge in [-0.1, -0.05) is 42.1 Å². The fourth-order valence-electron chi connectivity index (χ4n) is 2.95. The highest BCUT2D eigenvalue weighted by Crippen LogP contribution is 2.32. The van der Waals surface area contributed by atoms with E-state index in [1.807, 2.05) is 48.5 Å². The average Bonchev–Trinajstić information content (AvgIpc) is 3.10. The lowest BCUT2D eigenvalue weighted by atomic mass is 10.2. The first-order valence-electron chi connectivity index (χ1n) is 8.64. The van der Waals surface area contributed by atoms with Crippen molar-refractivity contribution in [2.45, 2.75) is 10.9 Å². The molecule has 0 fully saturated rings. The molecule has 4 rings (SSSR count). The molecule has 7 heteroatoms. The van der Waals surface area contributed by atoms with Crippen LogP contribution in [-0.4, -0.2) is 21.6 Å². The number of imidazole rings is 1. The number of non-ortho nitro benzene ring substituents is 1. The van der Waals surface area contributed by atoms with Crippen LogP contribution >= 0.6 is 11.8 Å². The minimum absolute atomic E-state index is 0.0948. The van der Waals surface area contributed by atoms with Gasteiger partial charge in [0.1, 0.15) is 5.75 Å². The molecule has 0 saturated heterocycles. The number of thioether (sulfide) groups is 1. The third-order valence-electron chi connectivity index (χ3n) is 4.36. The van der Waals surface area contributed by atoms with Crippen molar-refractivity contribution >= 4 is 28.5 Å². The van der Waals surface area contributed by atoms with E-state index in [-0.39, 0.29) is 10.6 Å². The molecular formula is C21H17N3O3S. The average molecular weight is 391 g/mol. The molecule has 0 unspecified atom stereocenters. The molecule has 0 N–H and O–H groups in total. The molecule has 6 nitrogen and oxygen atoms in total. The van der Waals surface area contributed by atoms with Gasteiger partial charge in [-0.25, -0.2) is 4.98 Å². The van der Waals surface area contributed by atoms with Crippen LogP contribution in [-0.2, 0) is 5.75 Å². The smallest absolute Gasteiger partial charge is 0.269 e. The predicted molar refractivity (Wildman–Crippen MR) is 110 cm³/mol. The summed E-state index contributed by atoms with van der Waals surface area (Å²) in [6.45, 7) is 0. The summed E-state index contributed by atoms with van der Waals surface area (Å²) in [6, 6.07) is 22.5. The van der Waals surface area contributed by atoms with Crippen molar-refractivity contribution in [2.24, 2.45) is 0 Å². The van der Waals surface area contributed by atoms with Crippen molar-refractivity contribution in [2.75, 3.05) is 7.11 Å². The number of para-hydroxylation sites is 1. The van der Waals surface area contributed by atoms with Gasteiger partial charge in [0.2, 0.25) is 0 Å². The summed E-state index contributed by atoms with van der Waals surface area (Å²) in [4.78, 5) is 15.2. The Morgan fingerprint density at radius 2 is 1.82 bits per heavy atom. The van der Waals surface area contributed by atoms with E-state index in [9.17, 15) is 10.1 Å². The number of nitro benzene ring substituents is 1. The zero-order valence-corrected chi connectivity index (χ0v) is 15.9. The molecule has 0 atom stereocenters. The van der Waals surface area contributed by atoms with E-state index in [1.165, 1.54) is 12.1 Å². The molecule has 0 aliphatic carbocycles. The first kappa shape index (κ1) is 18.1. The fourth-order valence-corrected chi connectivity index (χ4v) is 3.93. The minimum Gasteiger partial charge on any atom is -0.497 e. The highest BCUT2D eigenvalue weighted by molar-refractivity contribution is 7.98. The lowest BCUT2D eigenvalue weighted by Crippen LogP contribution is -1.97. The number of fused-ring (bicyclic) bond motifs is 1. The lowest BCUT2D eigenvalue weighted by molar-refractivity contribution is -0.384. The Hall–Kier alpha value is -3.32. The van der Waals surface area contributed by atoms with Gasteiger partial charge in [0.05, 0.1) is 23.1 Å². The van der Waals surface area contributed by atoms with Crippen molar-refractivity contribution < 1.29 is 9.66 Å². The molecule has 0 spiro atoms. The highest BCUT2D eigenvalue weighted by atomic mass is 32.2. The number of aromatic nitrogens is 2. The first-order valence-corrected chi connectivity index (χ1v) is 9.62. The van der Waals surface area contributed by atoms with Crippen molar-refractivity contribution in [1.29, 1.82) is 0 Å². The quantitative estimate of drug-likeness (QED) is 0.256. The van der Waals surface area contributed by atoms with E-state index in [4.69, 9.17) is 9.72 Å². The topological polar surface area (TPSA) is 70.2 Å². The number of hydrogen-bond acceptors (Lipinski definition) is 5. The normalized spacial score (nSPS) is 10.9. The molecule has 3 aromatic carbocycles. The van der Waals surface area contributed by atoms with Gasteiger partial charge in [-0.2, -0.15) is 0 Å². The van der Waals surface area contributed by atoms with Crippen molar-refractivity contribution in [3.05, 3.63) is 88.5 Å². The number of hydrogen-bond donors (Lipinski definition) is 0. The van der Waals surface area contributed by atoms with E-state index in [0.717, 1.165) is 33.2 Å². The number of methoxy groups -OCH3 is 1. The number of rotatable bonds is 6. The Balaban J connectivity index is 1.70. The Labute approximate surface area is 165 Å². The van der Waals surface area contributed by atoms with Crippen LogP contribution in [0.4, 0.5) is 5.69 Å². The SMILES string of the molecule is COc1ccc2nc(SCc3ccc([N+](=O)[O-])cc3)n(-c3ccccc3)c2c1. The van der Waals surface area contributed by atoms with Crippen LogP contribution in [0.3, 0.4) is 0 Å². The van der Waals surface area contributed by atoms with E-state index in [1.54, 1.807) is 31.0 Å². The molecule has 1 aromatic heterocycles. The van der Waals surface area contributed by atoms with Gasteiger partial charge in [0.15, 0.2) is 5.16 Å². The van der Waals surface area contributed by atoms with Crippen LogP contribution in [0.2, 0.25) is 0 Å². The molecule has 1 heterocycles. The maximum Gasteiger partial charge on any atom is 0.269 e. The molecule has 0 amide bonds. The van der Waals surface area contributed by atoms with Gasteiger partial charge in [-0.15, -0.1) is 0 Å². The van der Waals surface area contributed by atoms with E-state index < -0.39 is 0 Å². The summed E-state index contributed by atoms with van der Waals surface area (Å²) >= 11 is 1.59. The zero-order valence-electron chi connectivity index (χ0n) is 15.1. The highest BCUT2D eigenvalue weighted by Gasteiger charge is 2.14. The lowest BCUT2D eigenvalue weighted by Gasteiger charge is -2.09. The maximum absolute atomic E-state index is 10.8.